The van der Waals surface area contributed by atoms with Gasteiger partial charge in [0.15, 0.2) is 11.0 Å². The maximum absolute atomic E-state index is 12.7. The maximum atomic E-state index is 12.7. The smallest absolute Gasteiger partial charge is 0.341 e. The third-order valence-electron chi connectivity index (χ3n) is 5.01. The number of allylic oxidation sites excluding steroid dienone is 1. The number of esters is 1. The van der Waals surface area contributed by atoms with E-state index >= 15 is 0 Å². The summed E-state index contributed by atoms with van der Waals surface area (Å²) in [4.78, 5) is 27.8. The number of amides is 1. The molecule has 1 amide bonds. The van der Waals surface area contributed by atoms with E-state index in [1.807, 2.05) is 61.7 Å². The van der Waals surface area contributed by atoms with Crippen molar-refractivity contribution in [3.63, 3.8) is 0 Å². The Balaban J connectivity index is 1.78. The van der Waals surface area contributed by atoms with Crippen LogP contribution >= 0.6 is 23.1 Å². The highest BCUT2D eigenvalue weighted by atomic mass is 32.2. The third-order valence-corrected chi connectivity index (χ3v) is 7.10. The number of aromatic nitrogens is 3. The summed E-state index contributed by atoms with van der Waals surface area (Å²) < 4.78 is 6.80. The molecule has 174 valence electrons. The number of carbonyl (C=O) groups is 2. The zero-order chi connectivity index (χ0) is 24.1. The number of rotatable bonds is 9. The van der Waals surface area contributed by atoms with E-state index in [9.17, 15) is 9.59 Å². The molecule has 8 nitrogen and oxygen atoms in total. The van der Waals surface area contributed by atoms with Crippen LogP contribution in [0.3, 0.4) is 0 Å². The number of benzene rings is 1. The van der Waals surface area contributed by atoms with E-state index in [0.29, 0.717) is 28.1 Å². The zero-order valence-electron chi connectivity index (χ0n) is 19.3. The number of ether oxygens (including phenoxy) is 1. The zero-order valence-corrected chi connectivity index (χ0v) is 21.0. The summed E-state index contributed by atoms with van der Waals surface area (Å²) in [6.45, 7) is 8.09. The highest BCUT2D eigenvalue weighted by molar-refractivity contribution is 7.99. The summed E-state index contributed by atoms with van der Waals surface area (Å²) in [6.07, 6.45) is 1.77. The summed E-state index contributed by atoms with van der Waals surface area (Å²) >= 11 is 2.64. The standard InChI is InChI=1S/C23H27N5O3S2/c1-7-11-28-20(16-9-8-10-17(12-16)27(4)5)25-26-23(28)32-13-18(29)24-21-19(22(30)31-6)14(2)15(3)33-21/h7-10,12H,1,11,13H2,2-6H3,(H,24,29). The van der Waals surface area contributed by atoms with Crippen molar-refractivity contribution in [1.29, 1.82) is 0 Å². The number of methoxy groups -OCH3 is 1. The molecule has 3 rings (SSSR count). The summed E-state index contributed by atoms with van der Waals surface area (Å²) in [5.41, 5.74) is 3.19. The summed E-state index contributed by atoms with van der Waals surface area (Å²) in [5.74, 6) is 0.119. The van der Waals surface area contributed by atoms with Gasteiger partial charge in [0, 0.05) is 36.8 Å². The van der Waals surface area contributed by atoms with E-state index in [1.165, 1.54) is 30.2 Å². The number of thiophene rings is 1. The van der Waals surface area contributed by atoms with Crippen molar-refractivity contribution in [2.45, 2.75) is 25.5 Å². The molecule has 0 fully saturated rings. The lowest BCUT2D eigenvalue weighted by Crippen LogP contribution is -2.16. The van der Waals surface area contributed by atoms with Crippen LogP contribution in [0.1, 0.15) is 20.8 Å². The second kappa shape index (κ2) is 10.7. The van der Waals surface area contributed by atoms with E-state index in [1.54, 1.807) is 6.08 Å². The molecule has 0 atom stereocenters. The second-order valence-electron chi connectivity index (χ2n) is 7.47. The average Bonchev–Trinajstić information content (AvgIpc) is 3.32. The van der Waals surface area contributed by atoms with Gasteiger partial charge in [0.2, 0.25) is 5.91 Å². The van der Waals surface area contributed by atoms with Crippen molar-refractivity contribution >= 4 is 45.7 Å². The van der Waals surface area contributed by atoms with Gasteiger partial charge in [0.1, 0.15) is 5.00 Å². The molecule has 3 aromatic rings. The van der Waals surface area contributed by atoms with Gasteiger partial charge in [-0.1, -0.05) is 30.0 Å². The molecule has 0 spiro atoms. The van der Waals surface area contributed by atoms with E-state index in [2.05, 4.69) is 22.1 Å². The fraction of sp³-hybridized carbons (Fsp3) is 0.304. The van der Waals surface area contributed by atoms with Crippen molar-refractivity contribution in [3.8, 4) is 11.4 Å². The number of nitrogens with one attached hydrogen (secondary N) is 1. The van der Waals surface area contributed by atoms with Crippen LogP contribution in [0.15, 0.2) is 42.1 Å². The number of nitrogens with zero attached hydrogens (tertiary/aromatic N) is 4. The van der Waals surface area contributed by atoms with Crippen molar-refractivity contribution in [2.75, 3.05) is 37.2 Å². The molecule has 1 aromatic carbocycles. The van der Waals surface area contributed by atoms with Crippen LogP contribution < -0.4 is 10.2 Å². The predicted octanol–water partition coefficient (Wildman–Crippen LogP) is 4.39. The lowest BCUT2D eigenvalue weighted by atomic mass is 10.1. The average molecular weight is 486 g/mol. The number of hydrogen-bond acceptors (Lipinski definition) is 8. The Kier molecular flexibility index (Phi) is 7.93. The Bertz CT molecular complexity index is 1180. The van der Waals surface area contributed by atoms with Crippen molar-refractivity contribution < 1.29 is 14.3 Å². The molecule has 0 aliphatic carbocycles. The first kappa shape index (κ1) is 24.5. The van der Waals surface area contributed by atoms with Crippen LogP contribution in [0.5, 0.6) is 0 Å². The molecule has 2 heterocycles. The quantitative estimate of drug-likeness (QED) is 0.273. The molecule has 0 bridgehead atoms. The van der Waals surface area contributed by atoms with Gasteiger partial charge in [-0.15, -0.1) is 28.1 Å². The molecular formula is C23H27N5O3S2. The maximum Gasteiger partial charge on any atom is 0.341 e. The Morgan fingerprint density at radius 2 is 2.06 bits per heavy atom. The first-order chi connectivity index (χ1) is 15.8. The second-order valence-corrected chi connectivity index (χ2v) is 9.63. The Morgan fingerprint density at radius 3 is 2.73 bits per heavy atom. The topological polar surface area (TPSA) is 89.3 Å². The minimum absolute atomic E-state index is 0.115. The SMILES string of the molecule is C=CCn1c(SCC(=O)Nc2sc(C)c(C)c2C(=O)OC)nnc1-c1cccc(N(C)C)c1. The molecule has 10 heteroatoms. The number of aryl methyl sites for hydroxylation is 1. The number of anilines is 2. The largest absolute Gasteiger partial charge is 0.465 e. The minimum atomic E-state index is -0.463. The van der Waals surface area contributed by atoms with Gasteiger partial charge in [-0.25, -0.2) is 4.79 Å². The molecule has 0 radical (unpaired) electrons. The van der Waals surface area contributed by atoms with Crippen LogP contribution in [0, 0.1) is 13.8 Å². The Hall–Kier alpha value is -3.11. The van der Waals surface area contributed by atoms with Crippen molar-refractivity contribution in [2.24, 2.45) is 0 Å². The van der Waals surface area contributed by atoms with E-state index in [4.69, 9.17) is 4.74 Å². The molecule has 0 aliphatic heterocycles. The summed E-state index contributed by atoms with van der Waals surface area (Å²) in [7, 11) is 5.29. The van der Waals surface area contributed by atoms with E-state index < -0.39 is 5.97 Å². The molecular weight excluding hydrogens is 458 g/mol. The van der Waals surface area contributed by atoms with Gasteiger partial charge in [-0.3, -0.25) is 9.36 Å². The normalized spacial score (nSPS) is 10.7. The van der Waals surface area contributed by atoms with Gasteiger partial charge < -0.3 is 15.0 Å². The predicted molar refractivity (Wildman–Crippen MR) is 134 cm³/mol. The Labute approximate surface area is 201 Å². The number of thioether (sulfide) groups is 1. The number of hydrogen-bond donors (Lipinski definition) is 1. The highest BCUT2D eigenvalue weighted by Crippen LogP contribution is 2.33. The van der Waals surface area contributed by atoms with Gasteiger partial charge in [-0.2, -0.15) is 0 Å². The van der Waals surface area contributed by atoms with Crippen LogP contribution in [0.25, 0.3) is 11.4 Å². The van der Waals surface area contributed by atoms with Crippen LogP contribution in [-0.2, 0) is 16.1 Å². The molecule has 0 aliphatic rings. The highest BCUT2D eigenvalue weighted by Gasteiger charge is 2.22. The van der Waals surface area contributed by atoms with Gasteiger partial charge in [0.05, 0.1) is 18.4 Å². The van der Waals surface area contributed by atoms with Gasteiger partial charge in [0.25, 0.3) is 0 Å². The van der Waals surface area contributed by atoms with E-state index in [-0.39, 0.29) is 11.7 Å². The fourth-order valence-electron chi connectivity index (χ4n) is 3.18. The van der Waals surface area contributed by atoms with Gasteiger partial charge in [-0.05, 0) is 31.5 Å². The molecule has 33 heavy (non-hydrogen) atoms. The fourth-order valence-corrected chi connectivity index (χ4v) is 4.99. The molecule has 1 N–H and O–H groups in total. The first-order valence-corrected chi connectivity index (χ1v) is 12.0. The lowest BCUT2D eigenvalue weighted by Gasteiger charge is -2.14. The van der Waals surface area contributed by atoms with E-state index in [0.717, 1.165) is 21.7 Å². The minimum Gasteiger partial charge on any atom is -0.465 e. The van der Waals surface area contributed by atoms with Crippen molar-refractivity contribution in [3.05, 3.63) is 52.9 Å². The van der Waals surface area contributed by atoms with Gasteiger partial charge >= 0.3 is 5.97 Å². The molecule has 0 saturated carbocycles. The first-order valence-electron chi connectivity index (χ1n) is 10.2. The Morgan fingerprint density at radius 1 is 1.30 bits per heavy atom. The van der Waals surface area contributed by atoms with Crippen LogP contribution in [0.2, 0.25) is 0 Å². The number of carbonyl (C=O) groups excluding carboxylic acids is 2. The monoisotopic (exact) mass is 485 g/mol. The van der Waals surface area contributed by atoms with Crippen molar-refractivity contribution in [1.82, 2.24) is 14.8 Å². The van der Waals surface area contributed by atoms with Crippen LogP contribution in [-0.4, -0.2) is 53.6 Å². The summed E-state index contributed by atoms with van der Waals surface area (Å²) in [6, 6.07) is 8.02. The van der Waals surface area contributed by atoms with Crippen LogP contribution in [0.4, 0.5) is 10.7 Å². The molecule has 0 saturated heterocycles. The lowest BCUT2D eigenvalue weighted by molar-refractivity contribution is -0.113. The molecule has 2 aromatic heterocycles. The third kappa shape index (κ3) is 5.45. The summed E-state index contributed by atoms with van der Waals surface area (Å²) in [5, 5.41) is 12.6. The molecule has 0 unspecified atom stereocenters.